The summed E-state index contributed by atoms with van der Waals surface area (Å²) in [6.45, 7) is 9.33. The first kappa shape index (κ1) is 14.7. The number of carboxylic acids is 1. The average molecular weight is 249 g/mol. The van der Waals surface area contributed by atoms with E-state index in [0.29, 0.717) is 6.42 Å². The number of hydrogen-bond acceptors (Lipinski definition) is 2. The van der Waals surface area contributed by atoms with Crippen molar-refractivity contribution in [3.63, 3.8) is 0 Å². The van der Waals surface area contributed by atoms with Gasteiger partial charge in [0, 0.05) is 6.42 Å². The summed E-state index contributed by atoms with van der Waals surface area (Å²) in [6.07, 6.45) is 0.538. The van der Waals surface area contributed by atoms with Crippen LogP contribution in [0.15, 0.2) is 24.3 Å². The molecule has 1 N–H and O–H groups in total. The highest BCUT2D eigenvalue weighted by Crippen LogP contribution is 2.23. The van der Waals surface area contributed by atoms with Crippen LogP contribution in [0.3, 0.4) is 0 Å². The minimum Gasteiger partial charge on any atom is -0.480 e. The maximum Gasteiger partial charge on any atom is 0.324 e. The highest BCUT2D eigenvalue weighted by molar-refractivity contribution is 5.78. The Kier molecular flexibility index (Phi) is 4.91. The van der Waals surface area contributed by atoms with Crippen LogP contribution >= 0.6 is 0 Å². The predicted molar refractivity (Wildman–Crippen MR) is 73.8 cm³/mol. The molecule has 100 valence electrons. The number of likely N-dealkylation sites (N-methyl/N-ethyl adjacent to an activating group) is 1. The number of benzene rings is 1. The van der Waals surface area contributed by atoms with Crippen LogP contribution in [0.4, 0.5) is 0 Å². The first-order valence-corrected chi connectivity index (χ1v) is 6.48. The van der Waals surface area contributed by atoms with Gasteiger partial charge in [-0.25, -0.2) is 0 Å². The van der Waals surface area contributed by atoms with Crippen molar-refractivity contribution in [3.8, 4) is 0 Å². The molecule has 0 aliphatic rings. The molecule has 0 spiro atoms. The lowest BCUT2D eigenvalue weighted by Crippen LogP contribution is -2.54. The molecule has 1 aromatic rings. The molecule has 0 aromatic heterocycles. The molecule has 3 heteroatoms. The van der Waals surface area contributed by atoms with Gasteiger partial charge in [0.25, 0.3) is 0 Å². The highest BCUT2D eigenvalue weighted by atomic mass is 16.4. The first-order valence-electron chi connectivity index (χ1n) is 6.48. The third-order valence-electron chi connectivity index (χ3n) is 3.72. The van der Waals surface area contributed by atoms with Crippen molar-refractivity contribution in [1.82, 2.24) is 4.90 Å². The Labute approximate surface area is 109 Å². The number of rotatable bonds is 6. The number of carboxylic acid groups (broad SMARTS) is 1. The van der Waals surface area contributed by atoms with Crippen LogP contribution in [0.2, 0.25) is 0 Å². The maximum absolute atomic E-state index is 11.7. The zero-order valence-electron chi connectivity index (χ0n) is 11.7. The zero-order chi connectivity index (χ0) is 13.8. The Morgan fingerprint density at radius 1 is 1.28 bits per heavy atom. The van der Waals surface area contributed by atoms with Crippen molar-refractivity contribution in [2.24, 2.45) is 0 Å². The molecule has 0 aliphatic heterocycles. The second-order valence-corrected chi connectivity index (χ2v) is 4.85. The summed E-state index contributed by atoms with van der Waals surface area (Å²) in [5.74, 6) is -0.755. The first-order chi connectivity index (χ1) is 8.45. The van der Waals surface area contributed by atoms with E-state index in [0.717, 1.165) is 24.2 Å². The van der Waals surface area contributed by atoms with E-state index in [-0.39, 0.29) is 0 Å². The summed E-state index contributed by atoms with van der Waals surface area (Å²) in [5.41, 5.74) is 1.42. The Hall–Kier alpha value is -1.35. The van der Waals surface area contributed by atoms with Crippen molar-refractivity contribution in [3.05, 3.63) is 35.4 Å². The monoisotopic (exact) mass is 249 g/mol. The number of hydrogen-bond donors (Lipinski definition) is 1. The SMILES string of the molecule is CCN(CC)C(C)(Cc1ccccc1C)C(=O)O. The topological polar surface area (TPSA) is 40.5 Å². The molecule has 18 heavy (non-hydrogen) atoms. The quantitative estimate of drug-likeness (QED) is 0.842. The fourth-order valence-electron chi connectivity index (χ4n) is 2.42. The molecule has 0 saturated heterocycles. The molecule has 0 radical (unpaired) electrons. The van der Waals surface area contributed by atoms with E-state index in [1.807, 2.05) is 56.9 Å². The summed E-state index contributed by atoms with van der Waals surface area (Å²) in [6, 6.07) is 7.99. The van der Waals surface area contributed by atoms with Crippen molar-refractivity contribution in [1.29, 1.82) is 0 Å². The lowest BCUT2D eigenvalue weighted by atomic mass is 9.89. The lowest BCUT2D eigenvalue weighted by Gasteiger charge is -2.37. The van der Waals surface area contributed by atoms with E-state index < -0.39 is 11.5 Å². The smallest absolute Gasteiger partial charge is 0.324 e. The molecule has 1 atom stereocenters. The van der Waals surface area contributed by atoms with Crippen LogP contribution in [-0.4, -0.2) is 34.6 Å². The second kappa shape index (κ2) is 6.01. The van der Waals surface area contributed by atoms with E-state index in [9.17, 15) is 9.90 Å². The summed E-state index contributed by atoms with van der Waals surface area (Å²) in [7, 11) is 0. The van der Waals surface area contributed by atoms with Crippen LogP contribution in [0, 0.1) is 6.92 Å². The number of nitrogens with zero attached hydrogens (tertiary/aromatic N) is 1. The summed E-state index contributed by atoms with van der Waals surface area (Å²) in [5, 5.41) is 9.58. The van der Waals surface area contributed by atoms with Crippen molar-refractivity contribution >= 4 is 5.97 Å². The zero-order valence-corrected chi connectivity index (χ0v) is 11.7. The minimum atomic E-state index is -0.838. The van der Waals surface area contributed by atoms with Gasteiger partial charge in [0.05, 0.1) is 0 Å². The Bertz CT molecular complexity index is 413. The Balaban J connectivity index is 3.07. The van der Waals surface area contributed by atoms with Gasteiger partial charge in [0.1, 0.15) is 5.54 Å². The van der Waals surface area contributed by atoms with Crippen molar-refractivity contribution < 1.29 is 9.90 Å². The van der Waals surface area contributed by atoms with Gasteiger partial charge >= 0.3 is 5.97 Å². The fraction of sp³-hybridized carbons (Fsp3) is 0.533. The number of aliphatic carboxylic acids is 1. The van der Waals surface area contributed by atoms with Gasteiger partial charge in [-0.2, -0.15) is 0 Å². The molecule has 0 amide bonds. The van der Waals surface area contributed by atoms with Gasteiger partial charge in [-0.05, 0) is 38.1 Å². The largest absolute Gasteiger partial charge is 0.480 e. The fourth-order valence-corrected chi connectivity index (χ4v) is 2.42. The van der Waals surface area contributed by atoms with Crippen LogP contribution in [0.1, 0.15) is 31.9 Å². The molecule has 1 rings (SSSR count). The molecular formula is C15H23NO2. The highest BCUT2D eigenvalue weighted by Gasteiger charge is 2.38. The standard InChI is InChI=1S/C15H23NO2/c1-5-16(6-2)15(4,14(17)18)11-13-10-8-7-9-12(13)3/h7-10H,5-6,11H2,1-4H3,(H,17,18). The van der Waals surface area contributed by atoms with Gasteiger partial charge in [0.2, 0.25) is 0 Å². The van der Waals surface area contributed by atoms with E-state index >= 15 is 0 Å². The van der Waals surface area contributed by atoms with Gasteiger partial charge < -0.3 is 5.11 Å². The minimum absolute atomic E-state index is 0.538. The summed E-state index contributed by atoms with van der Waals surface area (Å²) in [4.78, 5) is 13.7. The third kappa shape index (κ3) is 2.91. The molecule has 0 fully saturated rings. The van der Waals surface area contributed by atoms with Gasteiger partial charge in [0.15, 0.2) is 0 Å². The van der Waals surface area contributed by atoms with Crippen molar-refractivity contribution in [2.45, 2.75) is 39.7 Å². The van der Waals surface area contributed by atoms with Crippen molar-refractivity contribution in [2.75, 3.05) is 13.1 Å². The molecule has 1 aromatic carbocycles. The molecule has 0 aliphatic carbocycles. The number of carbonyl (C=O) groups is 1. The summed E-state index contributed by atoms with van der Waals surface area (Å²) >= 11 is 0. The number of aryl methyl sites for hydroxylation is 1. The maximum atomic E-state index is 11.7. The molecule has 0 heterocycles. The lowest BCUT2D eigenvalue weighted by molar-refractivity contribution is -0.150. The Morgan fingerprint density at radius 3 is 2.28 bits per heavy atom. The Morgan fingerprint density at radius 2 is 1.83 bits per heavy atom. The van der Waals surface area contributed by atoms with Crippen LogP contribution in [0.25, 0.3) is 0 Å². The van der Waals surface area contributed by atoms with Crippen LogP contribution in [0.5, 0.6) is 0 Å². The van der Waals surface area contributed by atoms with E-state index in [4.69, 9.17) is 0 Å². The molecule has 0 saturated carbocycles. The predicted octanol–water partition coefficient (Wildman–Crippen LogP) is 2.72. The van der Waals surface area contributed by atoms with Gasteiger partial charge in [-0.3, -0.25) is 9.69 Å². The average Bonchev–Trinajstić information content (AvgIpc) is 2.33. The van der Waals surface area contributed by atoms with E-state index in [2.05, 4.69) is 0 Å². The van der Waals surface area contributed by atoms with Gasteiger partial charge in [-0.1, -0.05) is 38.1 Å². The normalized spacial score (nSPS) is 14.5. The molecule has 0 bridgehead atoms. The van der Waals surface area contributed by atoms with Crippen LogP contribution in [-0.2, 0) is 11.2 Å². The molecule has 1 unspecified atom stereocenters. The third-order valence-corrected chi connectivity index (χ3v) is 3.72. The van der Waals surface area contributed by atoms with Crippen LogP contribution < -0.4 is 0 Å². The molecule has 3 nitrogen and oxygen atoms in total. The van der Waals surface area contributed by atoms with Gasteiger partial charge in [-0.15, -0.1) is 0 Å². The van der Waals surface area contributed by atoms with E-state index in [1.54, 1.807) is 0 Å². The van der Waals surface area contributed by atoms with E-state index in [1.165, 1.54) is 0 Å². The molecular weight excluding hydrogens is 226 g/mol. The summed E-state index contributed by atoms with van der Waals surface area (Å²) < 4.78 is 0. The second-order valence-electron chi connectivity index (χ2n) is 4.85.